The van der Waals surface area contributed by atoms with Gasteiger partial charge in [0, 0.05) is 18.0 Å². The van der Waals surface area contributed by atoms with E-state index in [1.807, 2.05) is 0 Å². The summed E-state index contributed by atoms with van der Waals surface area (Å²) in [4.78, 5) is 0.672. The van der Waals surface area contributed by atoms with E-state index < -0.39 is 10.0 Å². The average molecular weight is 287 g/mol. The Balaban J connectivity index is 3.16. The fraction of sp³-hybridized carbons (Fsp3) is 0.333. The minimum Gasteiger partial charge on any atom is -0.391 e. The van der Waals surface area contributed by atoms with Gasteiger partial charge in [0.1, 0.15) is 4.21 Å². The molecule has 100 valence electrons. The van der Waals surface area contributed by atoms with Gasteiger partial charge >= 0.3 is 0 Å². The lowest BCUT2D eigenvalue weighted by Crippen LogP contribution is -2.30. The number of rotatable bonds is 7. The van der Waals surface area contributed by atoms with Gasteiger partial charge < -0.3 is 5.11 Å². The van der Waals surface area contributed by atoms with E-state index in [0.29, 0.717) is 4.88 Å². The second kappa shape index (κ2) is 6.29. The molecule has 0 aliphatic carbocycles. The predicted octanol–water partition coefficient (Wildman–Crippen LogP) is 1.91. The van der Waals surface area contributed by atoms with Crippen molar-refractivity contribution >= 4 is 21.4 Å². The third-order valence-electron chi connectivity index (χ3n) is 2.40. The highest BCUT2D eigenvalue weighted by Crippen LogP contribution is 2.28. The zero-order valence-electron chi connectivity index (χ0n) is 10.3. The monoisotopic (exact) mass is 287 g/mol. The first-order valence-corrected chi connectivity index (χ1v) is 7.65. The van der Waals surface area contributed by atoms with Gasteiger partial charge in [-0.05, 0) is 18.6 Å². The van der Waals surface area contributed by atoms with E-state index in [0.717, 1.165) is 16.9 Å². The summed E-state index contributed by atoms with van der Waals surface area (Å²) in [5.41, 5.74) is 0.790. The van der Waals surface area contributed by atoms with Gasteiger partial charge in [-0.25, -0.2) is 8.42 Å². The number of hydrogen-bond acceptors (Lipinski definition) is 4. The molecule has 0 amide bonds. The van der Waals surface area contributed by atoms with Gasteiger partial charge in [-0.2, -0.15) is 4.31 Å². The molecule has 0 bridgehead atoms. The summed E-state index contributed by atoms with van der Waals surface area (Å²) in [6.07, 6.45) is 3.07. The van der Waals surface area contributed by atoms with E-state index in [1.54, 1.807) is 13.0 Å². The predicted molar refractivity (Wildman–Crippen MR) is 74.1 cm³/mol. The van der Waals surface area contributed by atoms with Crippen molar-refractivity contribution in [1.82, 2.24) is 4.31 Å². The molecule has 0 atom stereocenters. The first-order valence-electron chi connectivity index (χ1n) is 5.39. The zero-order valence-corrected chi connectivity index (χ0v) is 11.9. The van der Waals surface area contributed by atoms with Crippen LogP contribution in [0.5, 0.6) is 0 Å². The van der Waals surface area contributed by atoms with Crippen molar-refractivity contribution in [1.29, 1.82) is 0 Å². The van der Waals surface area contributed by atoms with Gasteiger partial charge in [-0.1, -0.05) is 12.2 Å². The highest BCUT2D eigenvalue weighted by molar-refractivity contribution is 7.91. The lowest BCUT2D eigenvalue weighted by Gasteiger charge is -2.17. The van der Waals surface area contributed by atoms with Gasteiger partial charge in [0.2, 0.25) is 0 Å². The Morgan fingerprint density at radius 2 is 1.94 bits per heavy atom. The average Bonchev–Trinajstić information content (AvgIpc) is 2.71. The molecule has 0 aliphatic rings. The summed E-state index contributed by atoms with van der Waals surface area (Å²) in [6, 6.07) is 1.59. The fourth-order valence-electron chi connectivity index (χ4n) is 1.46. The molecule has 1 aromatic rings. The van der Waals surface area contributed by atoms with Crippen LogP contribution in [0, 0.1) is 6.92 Å². The van der Waals surface area contributed by atoms with Crippen LogP contribution < -0.4 is 0 Å². The van der Waals surface area contributed by atoms with Crippen molar-refractivity contribution < 1.29 is 13.5 Å². The Morgan fingerprint density at radius 1 is 1.39 bits per heavy atom. The second-order valence-corrected chi connectivity index (χ2v) is 7.03. The minimum atomic E-state index is -3.54. The summed E-state index contributed by atoms with van der Waals surface area (Å²) < 4.78 is 26.2. The standard InChI is InChI=1S/C12H17NO3S2/c1-4-6-13(7-5-2)18(15,16)12-8-10(3)11(9-14)17-12/h4-5,8,14H,1-2,6-7,9H2,3H3. The number of thiophene rings is 1. The SMILES string of the molecule is C=CCN(CC=C)S(=O)(=O)c1cc(C)c(CO)s1. The lowest BCUT2D eigenvalue weighted by atomic mass is 10.3. The van der Waals surface area contributed by atoms with E-state index in [-0.39, 0.29) is 23.9 Å². The van der Waals surface area contributed by atoms with Crippen LogP contribution in [-0.2, 0) is 16.6 Å². The topological polar surface area (TPSA) is 57.6 Å². The maximum atomic E-state index is 12.4. The van der Waals surface area contributed by atoms with Gasteiger partial charge in [0.25, 0.3) is 10.0 Å². The van der Waals surface area contributed by atoms with Crippen LogP contribution in [0.3, 0.4) is 0 Å². The van der Waals surface area contributed by atoms with Gasteiger partial charge in [0.05, 0.1) is 6.61 Å². The van der Waals surface area contributed by atoms with E-state index >= 15 is 0 Å². The lowest BCUT2D eigenvalue weighted by molar-refractivity contribution is 0.285. The van der Waals surface area contributed by atoms with E-state index in [1.165, 1.54) is 16.5 Å². The zero-order chi connectivity index (χ0) is 13.8. The molecule has 0 unspecified atom stereocenters. The first-order chi connectivity index (χ1) is 8.47. The van der Waals surface area contributed by atoms with E-state index in [9.17, 15) is 8.42 Å². The van der Waals surface area contributed by atoms with Crippen molar-refractivity contribution in [2.75, 3.05) is 13.1 Å². The van der Waals surface area contributed by atoms with E-state index in [4.69, 9.17) is 5.11 Å². The third-order valence-corrected chi connectivity index (χ3v) is 5.90. The number of aliphatic hydroxyl groups is 1. The number of aryl methyl sites for hydroxylation is 1. The van der Waals surface area contributed by atoms with Gasteiger partial charge in [0.15, 0.2) is 0 Å². The summed E-state index contributed by atoms with van der Waals surface area (Å²) in [5.74, 6) is 0. The molecule has 4 nitrogen and oxygen atoms in total. The fourth-order valence-corrected chi connectivity index (χ4v) is 4.44. The minimum absolute atomic E-state index is 0.144. The normalized spacial score (nSPS) is 11.7. The molecule has 0 saturated carbocycles. The van der Waals surface area contributed by atoms with Crippen LogP contribution in [0.1, 0.15) is 10.4 Å². The molecule has 0 saturated heterocycles. The molecule has 1 heterocycles. The Labute approximate surface area is 112 Å². The van der Waals surface area contributed by atoms with Crippen LogP contribution in [0.15, 0.2) is 35.6 Å². The highest BCUT2D eigenvalue weighted by atomic mass is 32.2. The van der Waals surface area contributed by atoms with Crippen molar-refractivity contribution in [3.8, 4) is 0 Å². The van der Waals surface area contributed by atoms with Crippen molar-refractivity contribution in [2.45, 2.75) is 17.7 Å². The molecule has 6 heteroatoms. The van der Waals surface area contributed by atoms with Crippen LogP contribution >= 0.6 is 11.3 Å². The molecule has 18 heavy (non-hydrogen) atoms. The second-order valence-electron chi connectivity index (χ2n) is 3.73. The molecule has 0 fully saturated rings. The summed E-state index contributed by atoms with van der Waals surface area (Å²) in [7, 11) is -3.54. The molecule has 0 aliphatic heterocycles. The largest absolute Gasteiger partial charge is 0.391 e. The maximum absolute atomic E-state index is 12.4. The van der Waals surface area contributed by atoms with Crippen LogP contribution in [-0.4, -0.2) is 30.9 Å². The summed E-state index contributed by atoms with van der Waals surface area (Å²) in [5, 5.41) is 9.11. The van der Waals surface area contributed by atoms with Crippen LogP contribution in [0.4, 0.5) is 0 Å². The molecule has 1 aromatic heterocycles. The number of aliphatic hydroxyl groups excluding tert-OH is 1. The smallest absolute Gasteiger partial charge is 0.253 e. The molecule has 0 aromatic carbocycles. The first kappa shape index (κ1) is 15.1. The quantitative estimate of drug-likeness (QED) is 0.779. The Kier molecular flexibility index (Phi) is 5.28. The maximum Gasteiger partial charge on any atom is 0.253 e. The van der Waals surface area contributed by atoms with Crippen molar-refractivity contribution in [3.05, 3.63) is 41.8 Å². The molecule has 0 spiro atoms. The third kappa shape index (κ3) is 3.08. The van der Waals surface area contributed by atoms with Crippen LogP contribution in [0.25, 0.3) is 0 Å². The van der Waals surface area contributed by atoms with Gasteiger partial charge in [-0.15, -0.1) is 24.5 Å². The Bertz CT molecular complexity index is 522. The van der Waals surface area contributed by atoms with E-state index in [2.05, 4.69) is 13.2 Å². The molecule has 1 rings (SSSR count). The molecular weight excluding hydrogens is 270 g/mol. The molecule has 0 radical (unpaired) electrons. The molecule has 1 N–H and O–H groups in total. The summed E-state index contributed by atoms with van der Waals surface area (Å²) in [6.45, 7) is 9.22. The number of sulfonamides is 1. The number of hydrogen-bond donors (Lipinski definition) is 1. The van der Waals surface area contributed by atoms with Gasteiger partial charge in [-0.3, -0.25) is 0 Å². The Morgan fingerprint density at radius 3 is 2.33 bits per heavy atom. The Hall–Kier alpha value is -0.950. The van der Waals surface area contributed by atoms with Crippen molar-refractivity contribution in [3.63, 3.8) is 0 Å². The molecular formula is C12H17NO3S2. The summed E-state index contributed by atoms with van der Waals surface area (Å²) >= 11 is 1.10. The number of nitrogens with zero attached hydrogens (tertiary/aromatic N) is 1. The van der Waals surface area contributed by atoms with Crippen LogP contribution in [0.2, 0.25) is 0 Å². The highest BCUT2D eigenvalue weighted by Gasteiger charge is 2.25. The van der Waals surface area contributed by atoms with Crippen molar-refractivity contribution in [2.24, 2.45) is 0 Å².